The van der Waals surface area contributed by atoms with Crippen LogP contribution in [0.1, 0.15) is 44.7 Å². The summed E-state index contributed by atoms with van der Waals surface area (Å²) >= 11 is 0. The first-order chi connectivity index (χ1) is 10.8. The van der Waals surface area contributed by atoms with E-state index in [2.05, 4.69) is 5.32 Å². The van der Waals surface area contributed by atoms with Gasteiger partial charge in [0.05, 0.1) is 6.42 Å². The van der Waals surface area contributed by atoms with Gasteiger partial charge in [0.15, 0.2) is 0 Å². The van der Waals surface area contributed by atoms with Gasteiger partial charge in [0.25, 0.3) is 0 Å². The molecule has 2 amide bonds. The molecule has 0 aromatic heterocycles. The van der Waals surface area contributed by atoms with Crippen LogP contribution in [0.3, 0.4) is 0 Å². The highest BCUT2D eigenvalue weighted by molar-refractivity contribution is 5.81. The van der Waals surface area contributed by atoms with E-state index < -0.39 is 0 Å². The van der Waals surface area contributed by atoms with E-state index in [1.807, 2.05) is 56.9 Å². The van der Waals surface area contributed by atoms with Crippen molar-refractivity contribution in [2.45, 2.75) is 52.5 Å². The van der Waals surface area contributed by atoms with Crippen LogP contribution in [0.2, 0.25) is 0 Å². The first-order valence-electron chi connectivity index (χ1n) is 8.40. The topological polar surface area (TPSA) is 49.4 Å². The molecular formula is C19H28N2O2. The fourth-order valence-corrected chi connectivity index (χ4v) is 2.95. The summed E-state index contributed by atoms with van der Waals surface area (Å²) in [5.74, 6) is 0.300. The number of aryl methyl sites for hydroxylation is 1. The standard InChI is InChI=1S/C19H28N2O2/c1-14-7-5-6-8-16(14)13-17(22)21-11-9-15(10-12-21)18(23)20-19(2,3)4/h5-8,15H,9-13H2,1-4H3,(H,20,23). The molecule has 126 valence electrons. The Morgan fingerprint density at radius 1 is 1.17 bits per heavy atom. The molecule has 0 aliphatic carbocycles. The van der Waals surface area contributed by atoms with Crippen molar-refractivity contribution >= 4 is 11.8 Å². The summed E-state index contributed by atoms with van der Waals surface area (Å²) in [6.45, 7) is 9.36. The molecule has 1 saturated heterocycles. The average Bonchev–Trinajstić information content (AvgIpc) is 2.48. The van der Waals surface area contributed by atoms with Crippen LogP contribution < -0.4 is 5.32 Å². The predicted molar refractivity (Wildman–Crippen MR) is 92.1 cm³/mol. The Labute approximate surface area is 139 Å². The summed E-state index contributed by atoms with van der Waals surface area (Å²) in [5, 5.41) is 3.04. The molecule has 1 N–H and O–H groups in total. The maximum atomic E-state index is 12.5. The minimum atomic E-state index is -0.200. The van der Waals surface area contributed by atoms with Crippen molar-refractivity contribution < 1.29 is 9.59 Å². The van der Waals surface area contributed by atoms with E-state index in [-0.39, 0.29) is 23.3 Å². The zero-order chi connectivity index (χ0) is 17.0. The molecular weight excluding hydrogens is 288 g/mol. The van der Waals surface area contributed by atoms with Gasteiger partial charge < -0.3 is 10.2 Å². The molecule has 1 aromatic rings. The van der Waals surface area contributed by atoms with Gasteiger partial charge in [-0.05, 0) is 51.7 Å². The maximum Gasteiger partial charge on any atom is 0.226 e. The van der Waals surface area contributed by atoms with Gasteiger partial charge in [-0.15, -0.1) is 0 Å². The molecule has 23 heavy (non-hydrogen) atoms. The van der Waals surface area contributed by atoms with E-state index in [4.69, 9.17) is 0 Å². The van der Waals surface area contributed by atoms with Gasteiger partial charge in [0, 0.05) is 24.5 Å². The van der Waals surface area contributed by atoms with Gasteiger partial charge >= 0.3 is 0 Å². The molecule has 1 heterocycles. The highest BCUT2D eigenvalue weighted by atomic mass is 16.2. The molecule has 4 heteroatoms. The third-order valence-electron chi connectivity index (χ3n) is 4.32. The Morgan fingerprint density at radius 3 is 2.35 bits per heavy atom. The number of piperidine rings is 1. The molecule has 0 saturated carbocycles. The van der Waals surface area contributed by atoms with Gasteiger partial charge in [-0.1, -0.05) is 24.3 Å². The van der Waals surface area contributed by atoms with Gasteiger partial charge in [0.2, 0.25) is 11.8 Å². The molecule has 4 nitrogen and oxygen atoms in total. The number of carbonyl (C=O) groups excluding carboxylic acids is 2. The van der Waals surface area contributed by atoms with Crippen LogP contribution in [0.4, 0.5) is 0 Å². The smallest absolute Gasteiger partial charge is 0.226 e. The number of amides is 2. The van der Waals surface area contributed by atoms with E-state index in [0.29, 0.717) is 19.5 Å². The SMILES string of the molecule is Cc1ccccc1CC(=O)N1CCC(C(=O)NC(C)(C)C)CC1. The Balaban J connectivity index is 1.85. The van der Waals surface area contributed by atoms with Gasteiger partial charge in [0.1, 0.15) is 0 Å². The van der Waals surface area contributed by atoms with Crippen molar-refractivity contribution in [3.8, 4) is 0 Å². The summed E-state index contributed by atoms with van der Waals surface area (Å²) in [4.78, 5) is 26.6. The first-order valence-corrected chi connectivity index (χ1v) is 8.40. The summed E-state index contributed by atoms with van der Waals surface area (Å²) in [6.07, 6.45) is 1.95. The molecule has 2 rings (SSSR count). The highest BCUT2D eigenvalue weighted by Gasteiger charge is 2.29. The van der Waals surface area contributed by atoms with Gasteiger partial charge in [-0.2, -0.15) is 0 Å². The molecule has 0 unspecified atom stereocenters. The van der Waals surface area contributed by atoms with Gasteiger partial charge in [-0.3, -0.25) is 9.59 Å². The first kappa shape index (κ1) is 17.5. The van der Waals surface area contributed by atoms with Crippen LogP contribution in [0.5, 0.6) is 0 Å². The number of rotatable bonds is 3. The second-order valence-corrected chi connectivity index (χ2v) is 7.50. The number of carbonyl (C=O) groups is 2. The van der Waals surface area contributed by atoms with E-state index >= 15 is 0 Å². The number of nitrogens with zero attached hydrogens (tertiary/aromatic N) is 1. The molecule has 1 fully saturated rings. The quantitative estimate of drug-likeness (QED) is 0.932. The number of hydrogen-bond donors (Lipinski definition) is 1. The summed E-state index contributed by atoms with van der Waals surface area (Å²) in [6, 6.07) is 8.00. The second-order valence-electron chi connectivity index (χ2n) is 7.50. The second kappa shape index (κ2) is 7.16. The van der Waals surface area contributed by atoms with E-state index in [1.165, 1.54) is 0 Å². The predicted octanol–water partition coefficient (Wildman–Crippen LogP) is 2.69. The normalized spacial score (nSPS) is 16.3. The molecule has 0 atom stereocenters. The minimum absolute atomic E-state index is 0.0248. The maximum absolute atomic E-state index is 12.5. The number of benzene rings is 1. The van der Waals surface area contributed by atoms with E-state index in [0.717, 1.165) is 24.0 Å². The van der Waals surface area contributed by atoms with Crippen molar-refractivity contribution in [2.75, 3.05) is 13.1 Å². The summed E-state index contributed by atoms with van der Waals surface area (Å²) < 4.78 is 0. The lowest BCUT2D eigenvalue weighted by molar-refractivity contribution is -0.135. The van der Waals surface area contributed by atoms with Gasteiger partial charge in [-0.25, -0.2) is 0 Å². The zero-order valence-electron chi connectivity index (χ0n) is 14.7. The molecule has 1 aliphatic heterocycles. The molecule has 0 spiro atoms. The van der Waals surface area contributed by atoms with Crippen molar-refractivity contribution in [2.24, 2.45) is 5.92 Å². The monoisotopic (exact) mass is 316 g/mol. The Hall–Kier alpha value is -1.84. The van der Waals surface area contributed by atoms with E-state index in [9.17, 15) is 9.59 Å². The third kappa shape index (κ3) is 5.08. The Kier molecular flexibility index (Phi) is 5.45. The van der Waals surface area contributed by atoms with Crippen molar-refractivity contribution in [1.82, 2.24) is 10.2 Å². The lowest BCUT2D eigenvalue weighted by Crippen LogP contribution is -2.48. The number of nitrogens with one attached hydrogen (secondary N) is 1. The van der Waals surface area contributed by atoms with Crippen LogP contribution in [0.25, 0.3) is 0 Å². The van der Waals surface area contributed by atoms with Crippen molar-refractivity contribution in [3.63, 3.8) is 0 Å². The van der Waals surface area contributed by atoms with Crippen LogP contribution in [-0.2, 0) is 16.0 Å². The summed E-state index contributed by atoms with van der Waals surface area (Å²) in [7, 11) is 0. The number of hydrogen-bond acceptors (Lipinski definition) is 2. The largest absolute Gasteiger partial charge is 0.351 e. The molecule has 1 aliphatic rings. The molecule has 1 aromatic carbocycles. The van der Waals surface area contributed by atoms with Crippen LogP contribution >= 0.6 is 0 Å². The van der Waals surface area contributed by atoms with Crippen LogP contribution in [-0.4, -0.2) is 35.3 Å². The Bertz CT molecular complexity index is 567. The molecule has 0 radical (unpaired) electrons. The van der Waals surface area contributed by atoms with Crippen molar-refractivity contribution in [1.29, 1.82) is 0 Å². The van der Waals surface area contributed by atoms with E-state index in [1.54, 1.807) is 0 Å². The minimum Gasteiger partial charge on any atom is -0.351 e. The van der Waals surface area contributed by atoms with Crippen LogP contribution in [0.15, 0.2) is 24.3 Å². The van der Waals surface area contributed by atoms with Crippen LogP contribution in [0, 0.1) is 12.8 Å². The Morgan fingerprint density at radius 2 is 1.78 bits per heavy atom. The zero-order valence-corrected chi connectivity index (χ0v) is 14.7. The highest BCUT2D eigenvalue weighted by Crippen LogP contribution is 2.20. The lowest BCUT2D eigenvalue weighted by Gasteiger charge is -2.33. The number of likely N-dealkylation sites (tertiary alicyclic amines) is 1. The summed E-state index contributed by atoms with van der Waals surface area (Å²) in [5.41, 5.74) is 2.04. The molecule has 0 bridgehead atoms. The third-order valence-corrected chi connectivity index (χ3v) is 4.32. The average molecular weight is 316 g/mol. The lowest BCUT2D eigenvalue weighted by atomic mass is 9.94. The fourth-order valence-electron chi connectivity index (χ4n) is 2.95. The fraction of sp³-hybridized carbons (Fsp3) is 0.579. The van der Waals surface area contributed by atoms with Crippen molar-refractivity contribution in [3.05, 3.63) is 35.4 Å².